The zero-order chi connectivity index (χ0) is 26.9. The van der Waals surface area contributed by atoms with Crippen LogP contribution in [0.3, 0.4) is 0 Å². The number of hydrogen-bond donors (Lipinski definition) is 0. The molecule has 0 aromatic rings. The molecule has 0 aliphatic carbocycles. The van der Waals surface area contributed by atoms with Gasteiger partial charge in [0.05, 0.1) is 0 Å². The van der Waals surface area contributed by atoms with Gasteiger partial charge in [0.2, 0.25) is 0 Å². The van der Waals surface area contributed by atoms with Crippen LogP contribution in [-0.2, 0) is 21.1 Å². The Morgan fingerprint density at radius 1 is 0.429 bits per heavy atom. The van der Waals surface area contributed by atoms with E-state index in [1.54, 1.807) is 6.92 Å². The standard InChI is InChI=1S/C4H6.4C3H8.C3H4.4C2H6.C2H2.CH4.4CH3.Pt/c1-3-4-2;5*1-3-2;5*1-2;;;;;;/h1-2H3;4*3H2,1-2H3;1H,2H3;4*1-2H3;1-2H;1H4;4*1H3;/q;;;;;;;;;;;;4*-1;+4. The van der Waals surface area contributed by atoms with Crippen LogP contribution < -0.4 is 0 Å². The summed E-state index contributed by atoms with van der Waals surface area (Å²) in [5.74, 6) is 7.61. The summed E-state index contributed by atoms with van der Waals surface area (Å²) < 4.78 is 0. The van der Waals surface area contributed by atoms with Crippen molar-refractivity contribution in [2.24, 2.45) is 0 Å². The van der Waals surface area contributed by atoms with Gasteiger partial charge < -0.3 is 29.7 Å². The van der Waals surface area contributed by atoms with Gasteiger partial charge in [-0.05, 0) is 20.8 Å². The molecule has 0 spiro atoms. The van der Waals surface area contributed by atoms with Crippen LogP contribution in [0.2, 0.25) is 0 Å². The second-order valence-electron chi connectivity index (χ2n) is 3.62. The first-order chi connectivity index (χ1) is 14.0. The molecular weight excluding hydrogens is 603 g/mol. The average Bonchev–Trinajstić information content (AvgIpc) is 2.78. The van der Waals surface area contributed by atoms with E-state index in [-0.39, 0.29) is 58.2 Å². The maximum absolute atomic E-state index is 4.60. The third kappa shape index (κ3) is 242000. The normalized spacial score (nSPS) is 3.43. The molecule has 230 valence electrons. The maximum Gasteiger partial charge on any atom is 4.00 e. The second kappa shape index (κ2) is 862. The Balaban J connectivity index is -0.00000000673. The van der Waals surface area contributed by atoms with Crippen LogP contribution in [-0.4, -0.2) is 0 Å². The van der Waals surface area contributed by atoms with Crippen LogP contribution in [0, 0.1) is 66.7 Å². The van der Waals surface area contributed by atoms with Gasteiger partial charge in [-0.3, -0.25) is 0 Å². The summed E-state index contributed by atoms with van der Waals surface area (Å²) >= 11 is 0. The van der Waals surface area contributed by atoms with Gasteiger partial charge in [-0.1, -0.05) is 144 Å². The van der Waals surface area contributed by atoms with Gasteiger partial charge in [0.25, 0.3) is 0 Å². The average molecular weight is 688 g/mol. The Labute approximate surface area is 251 Å². The minimum absolute atomic E-state index is 0. The fourth-order valence-electron chi connectivity index (χ4n) is 0. The van der Waals surface area contributed by atoms with Crippen molar-refractivity contribution in [2.75, 3.05) is 0 Å². The molecule has 0 radical (unpaired) electrons. The molecule has 1 heteroatoms. The minimum Gasteiger partial charge on any atom is -0.358 e. The summed E-state index contributed by atoms with van der Waals surface area (Å²) in [6.45, 7) is 38.3. The van der Waals surface area contributed by atoms with Crippen molar-refractivity contribution in [1.82, 2.24) is 0 Å². The Morgan fingerprint density at radius 2 is 0.457 bits per heavy atom. The second-order valence-corrected chi connectivity index (χ2v) is 3.62. The van der Waals surface area contributed by atoms with Gasteiger partial charge in [-0.25, -0.2) is 0 Å². The van der Waals surface area contributed by atoms with E-state index in [1.165, 1.54) is 25.7 Å². The van der Waals surface area contributed by atoms with Crippen molar-refractivity contribution >= 4 is 0 Å². The number of rotatable bonds is 0. The third-order valence-corrected chi connectivity index (χ3v) is 0.250. The maximum atomic E-state index is 4.60. The van der Waals surface area contributed by atoms with E-state index in [4.69, 9.17) is 0 Å². The summed E-state index contributed by atoms with van der Waals surface area (Å²) in [6, 6.07) is 0. The van der Waals surface area contributed by atoms with Crippen LogP contribution in [0.4, 0.5) is 0 Å². The predicted molar refractivity (Wildman–Crippen MR) is 185 cm³/mol. The molecule has 0 aromatic heterocycles. The first-order valence-electron chi connectivity index (χ1n) is 12.0. The van der Waals surface area contributed by atoms with E-state index in [1.807, 2.05) is 69.2 Å². The molecule has 0 aliphatic heterocycles. The van der Waals surface area contributed by atoms with Gasteiger partial charge in [0.1, 0.15) is 0 Å². The molecule has 0 nitrogen and oxygen atoms in total. The van der Waals surface area contributed by atoms with Crippen molar-refractivity contribution in [3.8, 4) is 37.0 Å². The summed E-state index contributed by atoms with van der Waals surface area (Å²) in [7, 11) is 0. The molecule has 0 aromatic carbocycles. The van der Waals surface area contributed by atoms with Crippen LogP contribution in [0.25, 0.3) is 0 Å². The first kappa shape index (κ1) is 127. The fourth-order valence-corrected chi connectivity index (χ4v) is 0. The summed E-state index contributed by atoms with van der Waals surface area (Å²) in [4.78, 5) is 0. The molecule has 0 atom stereocenters. The minimum atomic E-state index is 0. The van der Waals surface area contributed by atoms with Crippen molar-refractivity contribution in [3.63, 3.8) is 0 Å². The Kier molecular flexibility index (Phi) is 3120. The molecule has 0 bridgehead atoms. The summed E-state index contributed by atoms with van der Waals surface area (Å²) in [6.07, 6.45) is 17.6. The molecule has 0 saturated heterocycles. The zero-order valence-corrected chi connectivity index (χ0v) is 31.6. The molecule has 35 heavy (non-hydrogen) atoms. The largest absolute Gasteiger partial charge is 4.00 e. The predicted octanol–water partition coefficient (Wildman–Crippen LogP) is 14.1. The molecule has 0 saturated carbocycles. The summed E-state index contributed by atoms with van der Waals surface area (Å²) in [5.41, 5.74) is 0. The molecular formula is C34H84Pt. The molecule has 0 heterocycles. The van der Waals surface area contributed by atoms with Crippen molar-refractivity contribution in [1.29, 1.82) is 0 Å². The zero-order valence-electron chi connectivity index (χ0n) is 29.4. The molecule has 0 aliphatic rings. The Hall–Kier alpha value is -0.632. The smallest absolute Gasteiger partial charge is 0.358 e. The van der Waals surface area contributed by atoms with E-state index in [9.17, 15) is 0 Å². The van der Waals surface area contributed by atoms with E-state index in [0.29, 0.717) is 0 Å². The quantitative estimate of drug-likeness (QED) is 0.176. The van der Waals surface area contributed by atoms with Crippen molar-refractivity contribution in [3.05, 3.63) is 29.7 Å². The van der Waals surface area contributed by atoms with E-state index >= 15 is 0 Å². The molecule has 0 rings (SSSR count). The van der Waals surface area contributed by atoms with E-state index < -0.39 is 0 Å². The van der Waals surface area contributed by atoms with E-state index in [2.05, 4.69) is 92.4 Å². The molecule has 0 N–H and O–H groups in total. The SMILES string of the molecule is C.C#C.C#CC.CC.CC.CC.CC.CC#CC.CCC.CCC.CCC.CCC.[CH3-].[CH3-].[CH3-].[CH3-].[Pt+4]. The van der Waals surface area contributed by atoms with Gasteiger partial charge >= 0.3 is 21.1 Å². The summed E-state index contributed by atoms with van der Waals surface area (Å²) in [5, 5.41) is 0. The van der Waals surface area contributed by atoms with Crippen LogP contribution in [0.1, 0.15) is 165 Å². The first-order valence-corrected chi connectivity index (χ1v) is 12.0. The van der Waals surface area contributed by atoms with Gasteiger partial charge in [0, 0.05) is 0 Å². The number of hydrogen-bond acceptors (Lipinski definition) is 0. The Bertz CT molecular complexity index is 160. The molecule has 0 fully saturated rings. The van der Waals surface area contributed by atoms with Crippen LogP contribution in [0.15, 0.2) is 0 Å². The van der Waals surface area contributed by atoms with Gasteiger partial charge in [-0.2, -0.15) is 0 Å². The Morgan fingerprint density at radius 3 is 0.457 bits per heavy atom. The van der Waals surface area contributed by atoms with Crippen LogP contribution >= 0.6 is 0 Å². The van der Waals surface area contributed by atoms with E-state index in [0.717, 1.165) is 0 Å². The van der Waals surface area contributed by atoms with Gasteiger partial charge in [-0.15, -0.1) is 37.0 Å². The molecule has 0 amide bonds. The fraction of sp³-hybridized carbons (Fsp3) is 0.706. The number of terminal acetylenes is 2. The molecule has 0 unspecified atom stereocenters. The van der Waals surface area contributed by atoms with Crippen LogP contribution in [0.5, 0.6) is 0 Å². The monoisotopic (exact) mass is 688 g/mol. The van der Waals surface area contributed by atoms with Crippen molar-refractivity contribution in [2.45, 2.75) is 165 Å². The van der Waals surface area contributed by atoms with Gasteiger partial charge in [0.15, 0.2) is 0 Å². The third-order valence-electron chi connectivity index (χ3n) is 0.250. The van der Waals surface area contributed by atoms with Crippen molar-refractivity contribution < 1.29 is 21.1 Å². The topological polar surface area (TPSA) is 0 Å².